The molecule has 22 heavy (non-hydrogen) atoms. The molecule has 0 atom stereocenters. The highest BCUT2D eigenvalue weighted by molar-refractivity contribution is 6.32. The van der Waals surface area contributed by atoms with E-state index in [2.05, 4.69) is 15.6 Å². The van der Waals surface area contributed by atoms with Gasteiger partial charge in [-0.25, -0.2) is 9.78 Å². The highest BCUT2D eigenvalue weighted by Crippen LogP contribution is 2.19. The van der Waals surface area contributed by atoms with Crippen LogP contribution in [-0.4, -0.2) is 42.5 Å². The summed E-state index contributed by atoms with van der Waals surface area (Å²) in [5.74, 6) is -1.62. The molecule has 0 spiro atoms. The molecule has 0 fully saturated rings. The van der Waals surface area contributed by atoms with Crippen molar-refractivity contribution in [1.29, 1.82) is 0 Å². The lowest BCUT2D eigenvalue weighted by Gasteiger charge is -2.09. The lowest BCUT2D eigenvalue weighted by atomic mass is 10.1. The highest BCUT2D eigenvalue weighted by atomic mass is 35.5. The van der Waals surface area contributed by atoms with Crippen LogP contribution >= 0.6 is 11.6 Å². The van der Waals surface area contributed by atoms with Crippen molar-refractivity contribution < 1.29 is 19.1 Å². The molecule has 0 aliphatic heterocycles. The molecule has 1 aromatic rings. The number of carbonyl (C=O) groups excluding carboxylic acids is 3. The van der Waals surface area contributed by atoms with Crippen LogP contribution in [0.3, 0.4) is 0 Å². The molecule has 2 N–H and O–H groups in total. The summed E-state index contributed by atoms with van der Waals surface area (Å²) in [5.41, 5.74) is 1.42. The zero-order valence-electron chi connectivity index (χ0n) is 12.7. The lowest BCUT2D eigenvalue weighted by Crippen LogP contribution is -2.38. The molecule has 0 aromatic carbocycles. The molecule has 1 rings (SSSR count). The molecule has 0 saturated carbocycles. The zero-order valence-corrected chi connectivity index (χ0v) is 13.4. The van der Waals surface area contributed by atoms with Gasteiger partial charge in [-0.15, -0.1) is 0 Å². The molecular weight excluding hydrogens is 310 g/mol. The maximum absolute atomic E-state index is 11.9. The minimum Gasteiger partial charge on any atom is -0.452 e. The van der Waals surface area contributed by atoms with Crippen molar-refractivity contribution in [3.8, 4) is 0 Å². The van der Waals surface area contributed by atoms with Gasteiger partial charge < -0.3 is 15.4 Å². The molecule has 0 aliphatic rings. The summed E-state index contributed by atoms with van der Waals surface area (Å²) in [6.07, 6.45) is 0. The maximum atomic E-state index is 11.9. The SMILES string of the molecule is CCNC(=O)CNC(=O)COC(=O)c1c(C)cc(C)nc1Cl. The summed E-state index contributed by atoms with van der Waals surface area (Å²) < 4.78 is 4.88. The Labute approximate surface area is 133 Å². The average molecular weight is 328 g/mol. The minimum atomic E-state index is -0.733. The fraction of sp³-hybridized carbons (Fsp3) is 0.429. The van der Waals surface area contributed by atoms with E-state index in [0.29, 0.717) is 17.8 Å². The van der Waals surface area contributed by atoms with Crippen LogP contribution in [0.1, 0.15) is 28.5 Å². The summed E-state index contributed by atoms with van der Waals surface area (Å²) in [6, 6.07) is 1.69. The van der Waals surface area contributed by atoms with Gasteiger partial charge in [-0.05, 0) is 32.4 Å². The van der Waals surface area contributed by atoms with E-state index in [0.717, 1.165) is 0 Å². The Balaban J connectivity index is 2.53. The number of nitrogens with one attached hydrogen (secondary N) is 2. The van der Waals surface area contributed by atoms with Crippen LogP contribution in [0.15, 0.2) is 6.07 Å². The first-order valence-corrected chi connectivity index (χ1v) is 7.07. The summed E-state index contributed by atoms with van der Waals surface area (Å²) in [7, 11) is 0. The van der Waals surface area contributed by atoms with E-state index in [9.17, 15) is 14.4 Å². The first-order valence-electron chi connectivity index (χ1n) is 6.69. The lowest BCUT2D eigenvalue weighted by molar-refractivity contribution is -0.127. The number of carbonyl (C=O) groups is 3. The molecular formula is C14H18ClN3O4. The van der Waals surface area contributed by atoms with Gasteiger partial charge in [0.1, 0.15) is 5.15 Å². The van der Waals surface area contributed by atoms with Crippen LogP contribution < -0.4 is 10.6 Å². The molecule has 8 heteroatoms. The number of aromatic nitrogens is 1. The number of amides is 2. The third-order valence-corrected chi connectivity index (χ3v) is 2.93. The smallest absolute Gasteiger partial charge is 0.342 e. The Kier molecular flexibility index (Phi) is 6.78. The second kappa shape index (κ2) is 8.33. The third kappa shape index (κ3) is 5.33. The predicted octanol–water partition coefficient (Wildman–Crippen LogP) is 0.761. The first kappa shape index (κ1) is 17.9. The Morgan fingerprint density at radius 1 is 1.23 bits per heavy atom. The van der Waals surface area contributed by atoms with Crippen molar-refractivity contribution in [2.75, 3.05) is 19.7 Å². The Morgan fingerprint density at radius 2 is 1.91 bits per heavy atom. The fourth-order valence-electron chi connectivity index (χ4n) is 1.73. The number of likely N-dealkylation sites (N-methyl/N-ethyl adjacent to an activating group) is 1. The number of ether oxygens (including phenoxy) is 1. The second-order valence-corrected chi connectivity index (χ2v) is 4.91. The van der Waals surface area contributed by atoms with Crippen LogP contribution in [0.2, 0.25) is 5.15 Å². The second-order valence-electron chi connectivity index (χ2n) is 4.55. The Hall–Kier alpha value is -2.15. The first-order chi connectivity index (χ1) is 10.3. The van der Waals surface area contributed by atoms with E-state index in [1.54, 1.807) is 26.8 Å². The number of esters is 1. The normalized spacial score (nSPS) is 10.0. The number of aryl methyl sites for hydroxylation is 2. The monoisotopic (exact) mass is 327 g/mol. The summed E-state index contributed by atoms with van der Waals surface area (Å²) in [4.78, 5) is 38.6. The number of nitrogens with zero attached hydrogens (tertiary/aromatic N) is 1. The topological polar surface area (TPSA) is 97.4 Å². The third-order valence-electron chi connectivity index (χ3n) is 2.66. The highest BCUT2D eigenvalue weighted by Gasteiger charge is 2.18. The van der Waals surface area contributed by atoms with Crippen molar-refractivity contribution >= 4 is 29.4 Å². The molecule has 0 radical (unpaired) electrons. The predicted molar refractivity (Wildman–Crippen MR) is 80.7 cm³/mol. The van der Waals surface area contributed by atoms with Gasteiger partial charge in [-0.1, -0.05) is 11.6 Å². The molecule has 0 bridgehead atoms. The average Bonchev–Trinajstić information content (AvgIpc) is 2.42. The quantitative estimate of drug-likeness (QED) is 0.594. The van der Waals surface area contributed by atoms with Crippen LogP contribution in [0.25, 0.3) is 0 Å². The zero-order chi connectivity index (χ0) is 16.7. The van der Waals surface area contributed by atoms with Gasteiger partial charge in [0.25, 0.3) is 5.91 Å². The molecule has 7 nitrogen and oxygen atoms in total. The molecule has 1 heterocycles. The minimum absolute atomic E-state index is 0.0326. The van der Waals surface area contributed by atoms with Gasteiger partial charge in [0, 0.05) is 12.2 Å². The van der Waals surface area contributed by atoms with E-state index in [1.807, 2.05) is 0 Å². The molecule has 0 saturated heterocycles. The van der Waals surface area contributed by atoms with Crippen molar-refractivity contribution in [2.24, 2.45) is 0 Å². The maximum Gasteiger partial charge on any atom is 0.342 e. The van der Waals surface area contributed by atoms with E-state index in [4.69, 9.17) is 16.3 Å². The fourth-order valence-corrected chi connectivity index (χ4v) is 2.09. The van der Waals surface area contributed by atoms with Gasteiger partial charge >= 0.3 is 5.97 Å². The van der Waals surface area contributed by atoms with E-state index < -0.39 is 18.5 Å². The van der Waals surface area contributed by atoms with Crippen molar-refractivity contribution in [3.05, 3.63) is 28.0 Å². The standard InChI is InChI=1S/C14H18ClN3O4/c1-4-16-10(19)6-17-11(20)7-22-14(21)12-8(2)5-9(3)18-13(12)15/h5H,4,6-7H2,1-3H3,(H,16,19)(H,17,20). The van der Waals surface area contributed by atoms with E-state index in [1.165, 1.54) is 0 Å². The van der Waals surface area contributed by atoms with Gasteiger partial charge in [0.15, 0.2) is 6.61 Å². The number of halogens is 1. The summed E-state index contributed by atoms with van der Waals surface area (Å²) >= 11 is 5.92. The van der Waals surface area contributed by atoms with Crippen LogP contribution in [0.4, 0.5) is 0 Å². The Bertz CT molecular complexity index is 566. The number of pyridine rings is 1. The number of rotatable bonds is 6. The van der Waals surface area contributed by atoms with Crippen molar-refractivity contribution in [3.63, 3.8) is 0 Å². The molecule has 1 aromatic heterocycles. The largest absolute Gasteiger partial charge is 0.452 e. The van der Waals surface area contributed by atoms with Crippen molar-refractivity contribution in [1.82, 2.24) is 15.6 Å². The van der Waals surface area contributed by atoms with E-state index >= 15 is 0 Å². The van der Waals surface area contributed by atoms with Gasteiger partial charge in [-0.3, -0.25) is 9.59 Å². The number of hydrogen-bond donors (Lipinski definition) is 2. The number of hydrogen-bond acceptors (Lipinski definition) is 5. The Morgan fingerprint density at radius 3 is 2.50 bits per heavy atom. The van der Waals surface area contributed by atoms with Gasteiger partial charge in [0.2, 0.25) is 5.91 Å². The summed E-state index contributed by atoms with van der Waals surface area (Å²) in [5, 5.41) is 4.89. The molecule has 0 aliphatic carbocycles. The van der Waals surface area contributed by atoms with E-state index in [-0.39, 0.29) is 23.2 Å². The van der Waals surface area contributed by atoms with Crippen LogP contribution in [0, 0.1) is 13.8 Å². The van der Waals surface area contributed by atoms with Crippen LogP contribution in [-0.2, 0) is 14.3 Å². The van der Waals surface area contributed by atoms with Gasteiger partial charge in [0.05, 0.1) is 12.1 Å². The molecule has 2 amide bonds. The molecule has 0 unspecified atom stereocenters. The summed E-state index contributed by atoms with van der Waals surface area (Å²) in [6.45, 7) is 5.03. The van der Waals surface area contributed by atoms with Crippen molar-refractivity contribution in [2.45, 2.75) is 20.8 Å². The van der Waals surface area contributed by atoms with Crippen LogP contribution in [0.5, 0.6) is 0 Å². The molecule has 120 valence electrons. The van der Waals surface area contributed by atoms with Gasteiger partial charge in [-0.2, -0.15) is 0 Å².